The van der Waals surface area contributed by atoms with E-state index < -0.39 is 5.97 Å². The summed E-state index contributed by atoms with van der Waals surface area (Å²) >= 11 is 0. The topological polar surface area (TPSA) is 44.8 Å². The normalized spacial score (nSPS) is 8.83. The Kier molecular flexibility index (Phi) is 5.15. The van der Waals surface area contributed by atoms with Crippen molar-refractivity contribution in [1.29, 1.82) is 0 Å². The lowest BCUT2D eigenvalue weighted by Gasteiger charge is -2.09. The average molecular weight is 244 g/mol. The van der Waals surface area contributed by atoms with Crippen LogP contribution in [0.1, 0.15) is 10.4 Å². The number of rotatable bonds is 5. The van der Waals surface area contributed by atoms with E-state index in [9.17, 15) is 4.79 Å². The zero-order valence-electron chi connectivity index (χ0n) is 9.93. The van der Waals surface area contributed by atoms with Crippen LogP contribution in [0.2, 0.25) is 0 Å². The number of benzene rings is 1. The van der Waals surface area contributed by atoms with E-state index in [0.717, 1.165) is 0 Å². The number of hydrogen-bond donors (Lipinski definition) is 0. The molecule has 0 saturated carbocycles. The van der Waals surface area contributed by atoms with Gasteiger partial charge >= 0.3 is 5.97 Å². The predicted octanol–water partition coefficient (Wildman–Crippen LogP) is 1.50. The zero-order valence-corrected chi connectivity index (χ0v) is 9.93. The van der Waals surface area contributed by atoms with E-state index in [1.807, 2.05) is 0 Å². The van der Waals surface area contributed by atoms with Crippen LogP contribution in [-0.2, 0) is 4.74 Å². The second kappa shape index (κ2) is 6.88. The second-order valence-corrected chi connectivity index (χ2v) is 3.17. The molecule has 0 aliphatic carbocycles. The van der Waals surface area contributed by atoms with Gasteiger partial charge in [0.1, 0.15) is 24.7 Å². The molecule has 0 spiro atoms. The van der Waals surface area contributed by atoms with Gasteiger partial charge in [0.15, 0.2) is 0 Å². The second-order valence-electron chi connectivity index (χ2n) is 3.17. The Bertz CT molecular complexity index is 469. The molecule has 0 unspecified atom stereocenters. The van der Waals surface area contributed by atoms with Gasteiger partial charge in [0.2, 0.25) is 0 Å². The highest BCUT2D eigenvalue weighted by atomic mass is 16.5. The van der Waals surface area contributed by atoms with E-state index >= 15 is 0 Å². The average Bonchev–Trinajstić information content (AvgIpc) is 2.41. The van der Waals surface area contributed by atoms with Crippen molar-refractivity contribution in [2.45, 2.75) is 0 Å². The summed E-state index contributed by atoms with van der Waals surface area (Å²) in [6.07, 6.45) is 10.2. The van der Waals surface area contributed by atoms with Gasteiger partial charge in [-0.05, 0) is 12.1 Å². The number of methoxy groups -OCH3 is 1. The monoisotopic (exact) mass is 244 g/mol. The van der Waals surface area contributed by atoms with Gasteiger partial charge in [-0.1, -0.05) is 11.8 Å². The first-order valence-electron chi connectivity index (χ1n) is 5.07. The quantitative estimate of drug-likeness (QED) is 0.581. The Morgan fingerprint density at radius 1 is 1.11 bits per heavy atom. The largest absolute Gasteiger partial charge is 0.481 e. The van der Waals surface area contributed by atoms with Crippen molar-refractivity contribution in [2.24, 2.45) is 0 Å². The summed E-state index contributed by atoms with van der Waals surface area (Å²) in [5.41, 5.74) is 0.305. The van der Waals surface area contributed by atoms with Crippen LogP contribution in [-0.4, -0.2) is 26.3 Å². The lowest BCUT2D eigenvalue weighted by molar-refractivity contribution is 0.0600. The summed E-state index contributed by atoms with van der Waals surface area (Å²) in [7, 11) is 1.29. The van der Waals surface area contributed by atoms with Crippen LogP contribution in [0.15, 0.2) is 18.2 Å². The zero-order chi connectivity index (χ0) is 13.4. The molecule has 18 heavy (non-hydrogen) atoms. The molecule has 0 heterocycles. The van der Waals surface area contributed by atoms with E-state index in [1.165, 1.54) is 19.2 Å². The van der Waals surface area contributed by atoms with Crippen LogP contribution >= 0.6 is 0 Å². The molecule has 0 N–H and O–H groups in total. The minimum atomic E-state index is -0.494. The Morgan fingerprint density at radius 3 is 2.00 bits per heavy atom. The lowest BCUT2D eigenvalue weighted by atomic mass is 10.2. The van der Waals surface area contributed by atoms with E-state index in [-0.39, 0.29) is 13.2 Å². The third kappa shape index (κ3) is 3.77. The predicted molar refractivity (Wildman–Crippen MR) is 66.4 cm³/mol. The molecule has 1 aromatic carbocycles. The Hall–Kier alpha value is -2.59. The summed E-state index contributed by atoms with van der Waals surface area (Å²) in [5, 5.41) is 0. The van der Waals surface area contributed by atoms with Gasteiger partial charge in [0.25, 0.3) is 0 Å². The summed E-state index contributed by atoms with van der Waals surface area (Å²) in [4.78, 5) is 11.5. The first kappa shape index (κ1) is 13.5. The summed E-state index contributed by atoms with van der Waals surface area (Å²) in [5.74, 6) is 5.00. The van der Waals surface area contributed by atoms with Gasteiger partial charge in [0, 0.05) is 6.07 Å². The van der Waals surface area contributed by atoms with Gasteiger partial charge in [-0.3, -0.25) is 0 Å². The molecule has 4 nitrogen and oxygen atoms in total. The molecular weight excluding hydrogens is 232 g/mol. The molecule has 0 radical (unpaired) electrons. The molecule has 1 aromatic rings. The minimum Gasteiger partial charge on any atom is -0.481 e. The molecule has 4 heteroatoms. The smallest absolute Gasteiger partial charge is 0.338 e. The summed E-state index contributed by atoms with van der Waals surface area (Å²) in [6, 6.07) is 4.64. The van der Waals surface area contributed by atoms with E-state index in [1.54, 1.807) is 6.07 Å². The van der Waals surface area contributed by atoms with E-state index in [0.29, 0.717) is 17.1 Å². The molecule has 0 amide bonds. The van der Waals surface area contributed by atoms with E-state index in [2.05, 4.69) is 16.6 Å². The standard InChI is InChI=1S/C14H12O4/c1-4-6-17-12-8-11(14(15)16-3)9-13(10-12)18-7-5-2/h1-2,8-10H,6-7H2,3H3. The Morgan fingerprint density at radius 2 is 1.61 bits per heavy atom. The van der Waals surface area contributed by atoms with Gasteiger partial charge in [-0.15, -0.1) is 12.8 Å². The number of esters is 1. The third-order valence-corrected chi connectivity index (χ3v) is 1.95. The summed E-state index contributed by atoms with van der Waals surface area (Å²) < 4.78 is 15.1. The molecule has 0 bridgehead atoms. The lowest BCUT2D eigenvalue weighted by Crippen LogP contribution is -2.04. The molecule has 0 aliphatic rings. The maximum Gasteiger partial charge on any atom is 0.338 e. The first-order chi connectivity index (χ1) is 8.71. The number of terminal acetylenes is 2. The molecule has 92 valence electrons. The van der Waals surface area contributed by atoms with Crippen molar-refractivity contribution in [3.63, 3.8) is 0 Å². The van der Waals surface area contributed by atoms with Crippen LogP contribution in [0.3, 0.4) is 0 Å². The maximum atomic E-state index is 11.5. The maximum absolute atomic E-state index is 11.5. The SMILES string of the molecule is C#CCOc1cc(OCC#C)cc(C(=O)OC)c1. The van der Waals surface area contributed by atoms with Crippen molar-refractivity contribution in [3.05, 3.63) is 23.8 Å². The number of carbonyl (C=O) groups excluding carboxylic acids is 1. The number of hydrogen-bond acceptors (Lipinski definition) is 4. The molecule has 0 fully saturated rings. The van der Waals surface area contributed by atoms with Gasteiger partial charge < -0.3 is 14.2 Å². The first-order valence-corrected chi connectivity index (χ1v) is 5.07. The highest BCUT2D eigenvalue weighted by molar-refractivity contribution is 5.90. The minimum absolute atomic E-state index is 0.0964. The molecule has 1 rings (SSSR count). The van der Waals surface area contributed by atoms with Crippen LogP contribution in [0.4, 0.5) is 0 Å². The fourth-order valence-electron chi connectivity index (χ4n) is 1.22. The van der Waals surface area contributed by atoms with Crippen LogP contribution in [0.5, 0.6) is 11.5 Å². The summed E-state index contributed by atoms with van der Waals surface area (Å²) in [6.45, 7) is 0.193. The number of ether oxygens (including phenoxy) is 3. The van der Waals surface area contributed by atoms with Crippen molar-refractivity contribution >= 4 is 5.97 Å². The highest BCUT2D eigenvalue weighted by Gasteiger charge is 2.10. The third-order valence-electron chi connectivity index (χ3n) is 1.95. The fourth-order valence-corrected chi connectivity index (χ4v) is 1.22. The van der Waals surface area contributed by atoms with Crippen molar-refractivity contribution < 1.29 is 19.0 Å². The van der Waals surface area contributed by atoms with Crippen LogP contribution in [0.25, 0.3) is 0 Å². The van der Waals surface area contributed by atoms with Gasteiger partial charge in [0.05, 0.1) is 12.7 Å². The molecule has 0 aromatic heterocycles. The van der Waals surface area contributed by atoms with Crippen molar-refractivity contribution in [2.75, 3.05) is 20.3 Å². The van der Waals surface area contributed by atoms with Gasteiger partial charge in [-0.25, -0.2) is 4.79 Å². The van der Waals surface area contributed by atoms with Gasteiger partial charge in [-0.2, -0.15) is 0 Å². The fraction of sp³-hybridized carbons (Fsp3) is 0.214. The number of carbonyl (C=O) groups is 1. The van der Waals surface area contributed by atoms with Crippen LogP contribution < -0.4 is 9.47 Å². The van der Waals surface area contributed by atoms with Crippen LogP contribution in [0, 0.1) is 24.7 Å². The highest BCUT2D eigenvalue weighted by Crippen LogP contribution is 2.23. The van der Waals surface area contributed by atoms with Crippen molar-refractivity contribution in [3.8, 4) is 36.2 Å². The Labute approximate surface area is 106 Å². The molecule has 0 saturated heterocycles. The molecule has 0 aliphatic heterocycles. The molecular formula is C14H12O4. The Balaban J connectivity index is 3.00. The van der Waals surface area contributed by atoms with Crippen molar-refractivity contribution in [1.82, 2.24) is 0 Å². The molecule has 0 atom stereocenters. The van der Waals surface area contributed by atoms with E-state index in [4.69, 9.17) is 22.3 Å².